The van der Waals surface area contributed by atoms with Crippen molar-refractivity contribution < 1.29 is 17.9 Å². The molecule has 2 fully saturated rings. The normalized spacial score (nSPS) is 21.3. The van der Waals surface area contributed by atoms with Crippen LogP contribution in [-0.4, -0.2) is 62.4 Å². The number of hydrogen-bond donors (Lipinski definition) is 1. The summed E-state index contributed by atoms with van der Waals surface area (Å²) >= 11 is 0. The molecule has 0 spiro atoms. The van der Waals surface area contributed by atoms with Crippen LogP contribution in [0.15, 0.2) is 29.2 Å². The summed E-state index contributed by atoms with van der Waals surface area (Å²) < 4.78 is 32.0. The molecule has 3 rings (SSSR count). The van der Waals surface area contributed by atoms with Gasteiger partial charge in [0.1, 0.15) is 5.75 Å². The quantitative estimate of drug-likeness (QED) is 0.850. The molecule has 2 N–H and O–H groups in total. The SMILES string of the molecule is COc1ccc(S(=O)(=O)N2CCN(C(=O)C3(N)CCCC3)CC2)cc1. The van der Waals surface area contributed by atoms with E-state index >= 15 is 0 Å². The number of carbonyl (C=O) groups is 1. The van der Waals surface area contributed by atoms with Crippen LogP contribution in [0.5, 0.6) is 5.75 Å². The highest BCUT2D eigenvalue weighted by atomic mass is 32.2. The zero-order valence-corrected chi connectivity index (χ0v) is 15.3. The van der Waals surface area contributed by atoms with E-state index in [-0.39, 0.29) is 23.9 Å². The van der Waals surface area contributed by atoms with Crippen LogP contribution >= 0.6 is 0 Å². The number of hydrogen-bond acceptors (Lipinski definition) is 5. The lowest BCUT2D eigenvalue weighted by atomic mass is 9.97. The number of amides is 1. The first-order chi connectivity index (χ1) is 11.9. The number of benzene rings is 1. The second-order valence-corrected chi connectivity index (χ2v) is 8.67. The Morgan fingerprint density at radius 1 is 1.08 bits per heavy atom. The minimum absolute atomic E-state index is 0.0357. The third-order valence-corrected chi connectivity index (χ3v) is 7.06. The van der Waals surface area contributed by atoms with E-state index in [2.05, 4.69) is 0 Å². The average molecular weight is 367 g/mol. The van der Waals surface area contributed by atoms with Crippen molar-refractivity contribution in [3.05, 3.63) is 24.3 Å². The van der Waals surface area contributed by atoms with Gasteiger partial charge in [0.2, 0.25) is 15.9 Å². The summed E-state index contributed by atoms with van der Waals surface area (Å²) in [4.78, 5) is 14.6. The van der Waals surface area contributed by atoms with Crippen LogP contribution in [0, 0.1) is 0 Å². The number of nitrogens with zero attached hydrogens (tertiary/aromatic N) is 2. The largest absolute Gasteiger partial charge is 0.497 e. The summed E-state index contributed by atoms with van der Waals surface area (Å²) in [7, 11) is -2.03. The van der Waals surface area contributed by atoms with Crippen molar-refractivity contribution in [2.45, 2.75) is 36.1 Å². The molecule has 1 aromatic carbocycles. The van der Waals surface area contributed by atoms with Crippen LogP contribution in [0.1, 0.15) is 25.7 Å². The monoisotopic (exact) mass is 367 g/mol. The third kappa shape index (κ3) is 3.51. The minimum atomic E-state index is -3.56. The molecule has 1 aliphatic carbocycles. The molecule has 8 heteroatoms. The van der Waals surface area contributed by atoms with Crippen molar-refractivity contribution in [3.63, 3.8) is 0 Å². The average Bonchev–Trinajstić information content (AvgIpc) is 3.09. The maximum Gasteiger partial charge on any atom is 0.243 e. The Hall–Kier alpha value is -1.64. The lowest BCUT2D eigenvalue weighted by molar-refractivity contribution is -0.138. The summed E-state index contributed by atoms with van der Waals surface area (Å²) in [6, 6.07) is 6.34. The summed E-state index contributed by atoms with van der Waals surface area (Å²) in [6.07, 6.45) is 3.40. The summed E-state index contributed by atoms with van der Waals surface area (Å²) in [5.41, 5.74) is 5.48. The van der Waals surface area contributed by atoms with Crippen LogP contribution < -0.4 is 10.5 Å². The van der Waals surface area contributed by atoms with E-state index in [4.69, 9.17) is 10.5 Å². The summed E-state index contributed by atoms with van der Waals surface area (Å²) in [6.45, 7) is 1.34. The fourth-order valence-electron chi connectivity index (χ4n) is 3.56. The topological polar surface area (TPSA) is 92.9 Å². The molecule has 0 unspecified atom stereocenters. The number of nitrogens with two attached hydrogens (primary N) is 1. The molecule has 1 saturated heterocycles. The van der Waals surface area contributed by atoms with Gasteiger partial charge in [-0.25, -0.2) is 8.42 Å². The first-order valence-corrected chi connectivity index (χ1v) is 10.0. The smallest absolute Gasteiger partial charge is 0.243 e. The Morgan fingerprint density at radius 2 is 1.64 bits per heavy atom. The van der Waals surface area contributed by atoms with Gasteiger partial charge >= 0.3 is 0 Å². The van der Waals surface area contributed by atoms with Gasteiger partial charge in [0.15, 0.2) is 0 Å². The number of ether oxygens (including phenoxy) is 1. The Labute approximate surface area is 148 Å². The minimum Gasteiger partial charge on any atom is -0.497 e. The molecular weight excluding hydrogens is 342 g/mol. The number of piperazine rings is 1. The van der Waals surface area contributed by atoms with E-state index < -0.39 is 15.6 Å². The van der Waals surface area contributed by atoms with Gasteiger partial charge in [-0.2, -0.15) is 4.31 Å². The standard InChI is InChI=1S/C17H25N3O4S/c1-24-14-4-6-15(7-5-14)25(22,23)20-12-10-19(11-13-20)16(21)17(18)8-2-3-9-17/h4-7H,2-3,8-13,18H2,1H3. The third-order valence-electron chi connectivity index (χ3n) is 5.14. The Kier molecular flexibility index (Phi) is 5.04. The van der Waals surface area contributed by atoms with Crippen LogP contribution in [0.2, 0.25) is 0 Å². The van der Waals surface area contributed by atoms with Gasteiger partial charge in [-0.15, -0.1) is 0 Å². The zero-order chi connectivity index (χ0) is 18.1. The highest BCUT2D eigenvalue weighted by Gasteiger charge is 2.41. The van der Waals surface area contributed by atoms with Crippen molar-refractivity contribution >= 4 is 15.9 Å². The van der Waals surface area contributed by atoms with Crippen LogP contribution in [0.4, 0.5) is 0 Å². The number of rotatable bonds is 4. The van der Waals surface area contributed by atoms with Crippen molar-refractivity contribution in [2.24, 2.45) is 5.73 Å². The van der Waals surface area contributed by atoms with Gasteiger partial charge in [0.05, 0.1) is 17.5 Å². The van der Waals surface area contributed by atoms with E-state index in [1.54, 1.807) is 29.2 Å². The van der Waals surface area contributed by atoms with E-state index in [0.717, 1.165) is 25.7 Å². The van der Waals surface area contributed by atoms with Gasteiger partial charge in [-0.1, -0.05) is 12.8 Å². The van der Waals surface area contributed by atoms with E-state index in [1.807, 2.05) is 0 Å². The molecule has 0 bridgehead atoms. The maximum absolute atomic E-state index is 12.7. The second-order valence-electron chi connectivity index (χ2n) is 6.74. The molecule has 25 heavy (non-hydrogen) atoms. The lowest BCUT2D eigenvalue weighted by Gasteiger charge is -2.37. The molecule has 2 aliphatic rings. The Balaban J connectivity index is 1.65. The van der Waals surface area contributed by atoms with Gasteiger partial charge < -0.3 is 15.4 Å². The van der Waals surface area contributed by atoms with E-state index in [1.165, 1.54) is 11.4 Å². The molecule has 7 nitrogen and oxygen atoms in total. The predicted octanol–water partition coefficient (Wildman–Crippen LogP) is 0.800. The van der Waals surface area contributed by atoms with Crippen molar-refractivity contribution in [1.29, 1.82) is 0 Å². The first-order valence-electron chi connectivity index (χ1n) is 8.59. The molecule has 1 heterocycles. The molecule has 0 atom stereocenters. The summed E-state index contributed by atoms with van der Waals surface area (Å²) in [5.74, 6) is 0.575. The molecule has 0 radical (unpaired) electrons. The molecule has 1 aliphatic heterocycles. The molecule has 1 amide bonds. The predicted molar refractivity (Wildman–Crippen MR) is 93.7 cm³/mol. The molecule has 138 valence electrons. The summed E-state index contributed by atoms with van der Waals surface area (Å²) in [5, 5.41) is 0. The second kappa shape index (κ2) is 6.93. The van der Waals surface area contributed by atoms with Gasteiger partial charge in [0, 0.05) is 26.2 Å². The molecule has 1 aromatic rings. The highest BCUT2D eigenvalue weighted by Crippen LogP contribution is 2.29. The lowest BCUT2D eigenvalue weighted by Crippen LogP contribution is -2.59. The van der Waals surface area contributed by atoms with E-state index in [9.17, 15) is 13.2 Å². The van der Waals surface area contributed by atoms with Crippen LogP contribution in [0.25, 0.3) is 0 Å². The molecule has 0 aromatic heterocycles. The maximum atomic E-state index is 12.7. The zero-order valence-electron chi connectivity index (χ0n) is 14.5. The highest BCUT2D eigenvalue weighted by molar-refractivity contribution is 7.89. The van der Waals surface area contributed by atoms with Crippen molar-refractivity contribution in [2.75, 3.05) is 33.3 Å². The number of carbonyl (C=O) groups excluding carboxylic acids is 1. The van der Waals surface area contributed by atoms with Gasteiger partial charge in [0.25, 0.3) is 0 Å². The number of methoxy groups -OCH3 is 1. The number of sulfonamides is 1. The van der Waals surface area contributed by atoms with Gasteiger partial charge in [-0.3, -0.25) is 4.79 Å². The van der Waals surface area contributed by atoms with Crippen LogP contribution in [-0.2, 0) is 14.8 Å². The fraction of sp³-hybridized carbons (Fsp3) is 0.588. The fourth-order valence-corrected chi connectivity index (χ4v) is 4.99. The molecular formula is C17H25N3O4S. The van der Waals surface area contributed by atoms with E-state index in [0.29, 0.717) is 18.8 Å². The Bertz CT molecular complexity index is 719. The Morgan fingerprint density at radius 3 is 2.16 bits per heavy atom. The van der Waals surface area contributed by atoms with Crippen molar-refractivity contribution in [3.8, 4) is 5.75 Å². The van der Waals surface area contributed by atoms with Crippen LogP contribution in [0.3, 0.4) is 0 Å². The van der Waals surface area contributed by atoms with Gasteiger partial charge in [-0.05, 0) is 37.1 Å². The van der Waals surface area contributed by atoms with Crippen molar-refractivity contribution in [1.82, 2.24) is 9.21 Å². The molecule has 1 saturated carbocycles. The first kappa shape index (κ1) is 18.2.